The molecule has 2 amide bonds. The summed E-state index contributed by atoms with van der Waals surface area (Å²) >= 11 is 0. The van der Waals surface area contributed by atoms with Crippen molar-refractivity contribution in [2.24, 2.45) is 5.92 Å². The molecule has 4 rings (SSSR count). The predicted octanol–water partition coefficient (Wildman–Crippen LogP) is 4.77. The average Bonchev–Trinajstić information content (AvgIpc) is 2.80. The zero-order valence-electron chi connectivity index (χ0n) is 18.7. The van der Waals surface area contributed by atoms with Crippen molar-refractivity contribution in [1.29, 1.82) is 0 Å². The minimum absolute atomic E-state index is 0.215. The van der Waals surface area contributed by atoms with Gasteiger partial charge in [0.05, 0.1) is 5.52 Å². The average molecular weight is 455 g/mol. The van der Waals surface area contributed by atoms with Crippen LogP contribution in [0.2, 0.25) is 0 Å². The van der Waals surface area contributed by atoms with Gasteiger partial charge in [-0.1, -0.05) is 12.1 Å². The number of nitrogens with one attached hydrogen (secondary N) is 3. The van der Waals surface area contributed by atoms with Crippen molar-refractivity contribution in [3.8, 4) is 0 Å². The summed E-state index contributed by atoms with van der Waals surface area (Å²) in [5.74, 6) is -0.0726. The molecule has 0 unspecified atom stereocenters. The van der Waals surface area contributed by atoms with Crippen LogP contribution >= 0.6 is 0 Å². The third-order valence-electron chi connectivity index (χ3n) is 5.92. The fourth-order valence-corrected chi connectivity index (χ4v) is 4.14. The molecule has 0 radical (unpaired) electrons. The molecule has 0 spiro atoms. The maximum absolute atomic E-state index is 13.3. The topological polar surface area (TPSA) is 82.2 Å². The summed E-state index contributed by atoms with van der Waals surface area (Å²) < 4.78 is 26.3. The fraction of sp³-hybridized carbons (Fsp3) is 0.375. The smallest absolute Gasteiger partial charge is 0.319 e. The van der Waals surface area contributed by atoms with Crippen molar-refractivity contribution in [2.75, 3.05) is 36.2 Å². The molecular weight excluding hydrogens is 426 g/mol. The normalized spacial score (nSPS) is 18.1. The van der Waals surface area contributed by atoms with E-state index in [1.807, 2.05) is 43.3 Å². The Bertz CT molecular complexity index is 1130. The number of hydrogen-bond acceptors (Lipinski definition) is 5. The number of carbonyl (C=O) groups excluding carboxylic acids is 1. The fourth-order valence-electron chi connectivity index (χ4n) is 4.14. The lowest BCUT2D eigenvalue weighted by atomic mass is 9.86. The Morgan fingerprint density at radius 2 is 1.79 bits per heavy atom. The van der Waals surface area contributed by atoms with Crippen LogP contribution in [-0.2, 0) is 0 Å². The standard InChI is InChI=1S/C24H28F2N6O/c1-32(2)22-18-5-3-4-6-21(18)30-23(31-22)28-16-9-7-15(8-10-16)14-27-24(33)29-17-11-12-19(25)20(26)13-17/h3-6,11-13,15-16H,7-10,14H2,1-2H3,(H2,27,29,33)(H,28,30,31). The number of para-hydroxylation sites is 1. The van der Waals surface area contributed by atoms with E-state index in [1.54, 1.807) is 0 Å². The first kappa shape index (κ1) is 22.7. The van der Waals surface area contributed by atoms with Crippen LogP contribution in [0.1, 0.15) is 25.7 Å². The number of hydrogen-bond donors (Lipinski definition) is 3. The molecule has 1 fully saturated rings. The lowest BCUT2D eigenvalue weighted by Gasteiger charge is -2.29. The van der Waals surface area contributed by atoms with E-state index in [0.29, 0.717) is 18.4 Å². The summed E-state index contributed by atoms with van der Waals surface area (Å²) in [5.41, 5.74) is 1.12. The molecular formula is C24H28F2N6O. The second-order valence-corrected chi connectivity index (χ2v) is 8.61. The zero-order valence-corrected chi connectivity index (χ0v) is 18.7. The second-order valence-electron chi connectivity index (χ2n) is 8.61. The van der Waals surface area contributed by atoms with Gasteiger partial charge < -0.3 is 20.9 Å². The molecule has 0 bridgehead atoms. The number of carbonyl (C=O) groups is 1. The van der Waals surface area contributed by atoms with Crippen molar-refractivity contribution in [3.63, 3.8) is 0 Å². The maximum Gasteiger partial charge on any atom is 0.319 e. The Labute approximate surface area is 191 Å². The molecule has 33 heavy (non-hydrogen) atoms. The van der Waals surface area contributed by atoms with E-state index in [9.17, 15) is 13.6 Å². The monoisotopic (exact) mass is 454 g/mol. The quantitative estimate of drug-likeness (QED) is 0.500. The summed E-state index contributed by atoms with van der Waals surface area (Å²) in [7, 11) is 3.94. The molecule has 1 aliphatic carbocycles. The van der Waals surface area contributed by atoms with Crippen LogP contribution in [-0.4, -0.2) is 42.7 Å². The van der Waals surface area contributed by atoms with Gasteiger partial charge in [-0.2, -0.15) is 4.98 Å². The molecule has 7 nitrogen and oxygen atoms in total. The Morgan fingerprint density at radius 3 is 2.52 bits per heavy atom. The molecule has 9 heteroatoms. The SMILES string of the molecule is CN(C)c1nc(NC2CCC(CNC(=O)Nc3ccc(F)c(F)c3)CC2)nc2ccccc12. The van der Waals surface area contributed by atoms with Gasteiger partial charge in [-0.15, -0.1) is 0 Å². The van der Waals surface area contributed by atoms with Gasteiger partial charge in [0.15, 0.2) is 11.6 Å². The lowest BCUT2D eigenvalue weighted by molar-refractivity contribution is 0.246. The van der Waals surface area contributed by atoms with Gasteiger partial charge in [0.1, 0.15) is 5.82 Å². The first-order valence-electron chi connectivity index (χ1n) is 11.1. The largest absolute Gasteiger partial charge is 0.362 e. The summed E-state index contributed by atoms with van der Waals surface area (Å²) in [5, 5.41) is 9.85. The highest BCUT2D eigenvalue weighted by Gasteiger charge is 2.23. The van der Waals surface area contributed by atoms with Crippen molar-refractivity contribution < 1.29 is 13.6 Å². The summed E-state index contributed by atoms with van der Waals surface area (Å²) in [6.45, 7) is 0.527. The highest BCUT2D eigenvalue weighted by molar-refractivity contribution is 5.90. The van der Waals surface area contributed by atoms with Gasteiger partial charge in [0, 0.05) is 43.8 Å². The summed E-state index contributed by atoms with van der Waals surface area (Å²) in [4.78, 5) is 23.5. The Morgan fingerprint density at radius 1 is 1.03 bits per heavy atom. The number of nitrogens with zero attached hydrogens (tertiary/aromatic N) is 3. The van der Waals surface area contributed by atoms with Crippen LogP contribution in [0.25, 0.3) is 10.9 Å². The lowest BCUT2D eigenvalue weighted by Crippen LogP contribution is -2.36. The van der Waals surface area contributed by atoms with E-state index in [1.165, 1.54) is 6.07 Å². The van der Waals surface area contributed by atoms with E-state index >= 15 is 0 Å². The number of rotatable bonds is 6. The molecule has 0 saturated heterocycles. The van der Waals surface area contributed by atoms with Crippen LogP contribution in [0.15, 0.2) is 42.5 Å². The summed E-state index contributed by atoms with van der Waals surface area (Å²) in [6, 6.07) is 11.1. The highest BCUT2D eigenvalue weighted by Crippen LogP contribution is 2.28. The molecule has 1 saturated carbocycles. The van der Waals surface area contributed by atoms with Crippen LogP contribution < -0.4 is 20.9 Å². The van der Waals surface area contributed by atoms with E-state index in [2.05, 4.69) is 20.9 Å². The minimum atomic E-state index is -0.994. The molecule has 0 atom stereocenters. The van der Waals surface area contributed by atoms with Crippen molar-refractivity contribution in [1.82, 2.24) is 15.3 Å². The molecule has 1 aromatic heterocycles. The van der Waals surface area contributed by atoms with E-state index in [4.69, 9.17) is 4.98 Å². The Balaban J connectivity index is 1.27. The van der Waals surface area contributed by atoms with Gasteiger partial charge in [-0.05, 0) is 55.9 Å². The number of halogens is 2. The number of fused-ring (bicyclic) bond motifs is 1. The van der Waals surface area contributed by atoms with E-state index < -0.39 is 17.7 Å². The Kier molecular flexibility index (Phi) is 6.86. The highest BCUT2D eigenvalue weighted by atomic mass is 19.2. The molecule has 1 heterocycles. The molecule has 2 aromatic carbocycles. The minimum Gasteiger partial charge on any atom is -0.362 e. The van der Waals surface area contributed by atoms with Gasteiger partial charge >= 0.3 is 6.03 Å². The third-order valence-corrected chi connectivity index (χ3v) is 5.92. The van der Waals surface area contributed by atoms with Crippen LogP contribution in [0.4, 0.5) is 31.0 Å². The van der Waals surface area contributed by atoms with Gasteiger partial charge in [0.2, 0.25) is 5.95 Å². The Hall–Kier alpha value is -3.49. The van der Waals surface area contributed by atoms with Crippen LogP contribution in [0.3, 0.4) is 0 Å². The third kappa shape index (κ3) is 5.66. The van der Waals surface area contributed by atoms with E-state index in [-0.39, 0.29) is 11.7 Å². The first-order chi connectivity index (χ1) is 15.9. The number of urea groups is 1. The number of benzene rings is 2. The van der Waals surface area contributed by atoms with E-state index in [0.717, 1.165) is 54.5 Å². The van der Waals surface area contributed by atoms with Crippen molar-refractivity contribution >= 4 is 34.4 Å². The van der Waals surface area contributed by atoms with Crippen molar-refractivity contribution in [2.45, 2.75) is 31.7 Å². The second kappa shape index (κ2) is 9.97. The van der Waals surface area contributed by atoms with Gasteiger partial charge in [-0.3, -0.25) is 0 Å². The van der Waals surface area contributed by atoms with Gasteiger partial charge in [-0.25, -0.2) is 18.6 Å². The molecule has 3 aromatic rings. The van der Waals surface area contributed by atoms with Crippen molar-refractivity contribution in [3.05, 3.63) is 54.1 Å². The molecule has 174 valence electrons. The van der Waals surface area contributed by atoms with Crippen LogP contribution in [0, 0.1) is 17.6 Å². The molecule has 3 N–H and O–H groups in total. The molecule has 0 aliphatic heterocycles. The number of anilines is 3. The number of aromatic nitrogens is 2. The summed E-state index contributed by atoms with van der Waals surface area (Å²) in [6.07, 6.45) is 3.81. The number of amides is 2. The van der Waals surface area contributed by atoms with Crippen LogP contribution in [0.5, 0.6) is 0 Å². The predicted molar refractivity (Wildman–Crippen MR) is 127 cm³/mol. The van der Waals surface area contributed by atoms with Gasteiger partial charge in [0.25, 0.3) is 0 Å². The first-order valence-corrected chi connectivity index (χ1v) is 11.1. The maximum atomic E-state index is 13.3. The molecule has 1 aliphatic rings. The zero-order chi connectivity index (χ0) is 23.4.